The molecule has 0 saturated heterocycles. The molecule has 6 heteroatoms. The summed E-state index contributed by atoms with van der Waals surface area (Å²) in [6.45, 7) is 1.52. The fraction of sp³-hybridized carbons (Fsp3) is 0.235. The van der Waals surface area contributed by atoms with Gasteiger partial charge < -0.3 is 20.1 Å². The molecule has 0 spiro atoms. The number of para-hydroxylation sites is 1. The Labute approximate surface area is 139 Å². The summed E-state index contributed by atoms with van der Waals surface area (Å²) in [6, 6.07) is 12.6. The Morgan fingerprint density at radius 1 is 1.13 bits per heavy atom. The van der Waals surface area contributed by atoms with Gasteiger partial charge in [-0.3, -0.25) is 0 Å². The number of carbonyl (C=O) groups is 1. The first kappa shape index (κ1) is 15.5. The first-order valence-corrected chi connectivity index (χ1v) is 7.78. The van der Waals surface area contributed by atoms with Gasteiger partial charge in [-0.05, 0) is 29.8 Å². The highest BCUT2D eigenvalue weighted by molar-refractivity contribution is 6.32. The third-order valence-electron chi connectivity index (χ3n) is 3.35. The summed E-state index contributed by atoms with van der Waals surface area (Å²) in [5, 5.41) is 6.04. The molecule has 23 heavy (non-hydrogen) atoms. The molecule has 0 aromatic heterocycles. The minimum atomic E-state index is -0.278. The minimum absolute atomic E-state index is 0.278. The molecule has 0 unspecified atom stereocenters. The molecular weight excluding hydrogens is 316 g/mol. The highest BCUT2D eigenvalue weighted by atomic mass is 35.5. The van der Waals surface area contributed by atoms with Gasteiger partial charge >= 0.3 is 6.03 Å². The van der Waals surface area contributed by atoms with Crippen LogP contribution < -0.4 is 20.1 Å². The summed E-state index contributed by atoms with van der Waals surface area (Å²) in [7, 11) is 0. The lowest BCUT2D eigenvalue weighted by Crippen LogP contribution is -2.28. The molecule has 2 N–H and O–H groups in total. The van der Waals surface area contributed by atoms with E-state index in [0.717, 1.165) is 17.7 Å². The predicted molar refractivity (Wildman–Crippen MR) is 89.4 cm³/mol. The molecule has 2 aromatic rings. The zero-order chi connectivity index (χ0) is 16.1. The van der Waals surface area contributed by atoms with E-state index in [9.17, 15) is 4.79 Å². The maximum atomic E-state index is 11.9. The van der Waals surface area contributed by atoms with Gasteiger partial charge in [0.25, 0.3) is 0 Å². The number of fused-ring (bicyclic) bond motifs is 1. The van der Waals surface area contributed by atoms with Crippen molar-refractivity contribution in [1.29, 1.82) is 0 Å². The van der Waals surface area contributed by atoms with Gasteiger partial charge in [0, 0.05) is 18.7 Å². The van der Waals surface area contributed by atoms with E-state index in [0.29, 0.717) is 36.3 Å². The van der Waals surface area contributed by atoms with Crippen LogP contribution in [0.15, 0.2) is 42.5 Å². The average molecular weight is 333 g/mol. The molecular formula is C17H17ClN2O3. The number of ether oxygens (including phenoxy) is 2. The maximum Gasteiger partial charge on any atom is 0.319 e. The van der Waals surface area contributed by atoms with Gasteiger partial charge in [0.1, 0.15) is 0 Å². The molecule has 5 nitrogen and oxygen atoms in total. The van der Waals surface area contributed by atoms with Gasteiger partial charge in [-0.15, -0.1) is 0 Å². The number of hydrogen-bond donors (Lipinski definition) is 2. The van der Waals surface area contributed by atoms with Crippen LogP contribution in [0.2, 0.25) is 5.02 Å². The third-order valence-corrected chi connectivity index (χ3v) is 3.63. The summed E-state index contributed by atoms with van der Waals surface area (Å²) >= 11 is 6.23. The Hall–Kier alpha value is -2.40. The summed E-state index contributed by atoms with van der Waals surface area (Å²) < 4.78 is 11.2. The number of benzene rings is 2. The fourth-order valence-corrected chi connectivity index (χ4v) is 2.55. The van der Waals surface area contributed by atoms with Gasteiger partial charge in [0.2, 0.25) is 0 Å². The Bertz CT molecular complexity index is 692. The van der Waals surface area contributed by atoms with Gasteiger partial charge in [-0.1, -0.05) is 29.8 Å². The highest BCUT2D eigenvalue weighted by Crippen LogP contribution is 2.37. The molecule has 120 valence electrons. The molecule has 0 radical (unpaired) electrons. The lowest BCUT2D eigenvalue weighted by Gasteiger charge is -2.12. The number of urea groups is 1. The molecule has 0 saturated carbocycles. The van der Waals surface area contributed by atoms with Crippen LogP contribution in [-0.4, -0.2) is 19.2 Å². The van der Waals surface area contributed by atoms with E-state index in [2.05, 4.69) is 10.6 Å². The van der Waals surface area contributed by atoms with E-state index in [1.54, 1.807) is 6.07 Å². The molecule has 1 heterocycles. The van der Waals surface area contributed by atoms with E-state index < -0.39 is 0 Å². The van der Waals surface area contributed by atoms with Gasteiger partial charge in [-0.25, -0.2) is 4.79 Å². The smallest absolute Gasteiger partial charge is 0.319 e. The van der Waals surface area contributed by atoms with Crippen molar-refractivity contribution in [3.05, 3.63) is 53.1 Å². The predicted octanol–water partition coefficient (Wildman–Crippen LogP) is 3.82. The molecule has 1 aliphatic rings. The van der Waals surface area contributed by atoms with E-state index in [1.165, 1.54) is 0 Å². The second-order valence-corrected chi connectivity index (χ2v) is 5.54. The molecule has 0 atom stereocenters. The zero-order valence-electron chi connectivity index (χ0n) is 12.5. The quantitative estimate of drug-likeness (QED) is 0.898. The van der Waals surface area contributed by atoms with E-state index in [4.69, 9.17) is 21.1 Å². The van der Waals surface area contributed by atoms with Crippen LogP contribution in [0.1, 0.15) is 12.0 Å². The summed E-state index contributed by atoms with van der Waals surface area (Å²) in [5.41, 5.74) is 1.59. The van der Waals surface area contributed by atoms with Crippen LogP contribution >= 0.6 is 11.6 Å². The second kappa shape index (κ2) is 7.24. The number of anilines is 1. The van der Waals surface area contributed by atoms with Crippen LogP contribution in [0, 0.1) is 0 Å². The average Bonchev–Trinajstić information content (AvgIpc) is 2.80. The van der Waals surface area contributed by atoms with Crippen molar-refractivity contribution in [2.45, 2.75) is 13.0 Å². The number of carbonyl (C=O) groups excluding carboxylic acids is 1. The van der Waals surface area contributed by atoms with Crippen molar-refractivity contribution in [2.75, 3.05) is 18.5 Å². The third kappa shape index (κ3) is 4.07. The molecule has 2 aromatic carbocycles. The molecule has 0 aliphatic carbocycles. The molecule has 0 fully saturated rings. The Morgan fingerprint density at radius 2 is 1.91 bits per heavy atom. The Kier molecular flexibility index (Phi) is 4.88. The molecule has 1 aliphatic heterocycles. The van der Waals surface area contributed by atoms with Crippen molar-refractivity contribution in [3.8, 4) is 11.5 Å². The Morgan fingerprint density at radius 3 is 2.74 bits per heavy atom. The highest BCUT2D eigenvalue weighted by Gasteiger charge is 2.15. The number of halogens is 1. The number of nitrogens with one attached hydrogen (secondary N) is 2. The normalized spacial score (nSPS) is 13.1. The van der Waals surface area contributed by atoms with E-state index in [-0.39, 0.29) is 6.03 Å². The van der Waals surface area contributed by atoms with Gasteiger partial charge in [-0.2, -0.15) is 0 Å². The number of rotatable bonds is 3. The second-order valence-electron chi connectivity index (χ2n) is 5.13. The van der Waals surface area contributed by atoms with Crippen LogP contribution in [0.4, 0.5) is 10.5 Å². The van der Waals surface area contributed by atoms with Crippen LogP contribution in [0.25, 0.3) is 0 Å². The lowest BCUT2D eigenvalue weighted by atomic mass is 10.2. The first-order valence-electron chi connectivity index (χ1n) is 7.40. The molecule has 3 rings (SSSR count). The van der Waals surface area contributed by atoms with Gasteiger partial charge in [0.15, 0.2) is 11.5 Å². The van der Waals surface area contributed by atoms with Crippen molar-refractivity contribution in [1.82, 2.24) is 5.32 Å². The zero-order valence-corrected chi connectivity index (χ0v) is 13.2. The lowest BCUT2D eigenvalue weighted by molar-refractivity contribution is 0.251. The number of amides is 2. The van der Waals surface area contributed by atoms with Crippen molar-refractivity contribution in [3.63, 3.8) is 0 Å². The largest absolute Gasteiger partial charge is 0.489 e. The van der Waals surface area contributed by atoms with Crippen LogP contribution in [-0.2, 0) is 6.54 Å². The van der Waals surface area contributed by atoms with Crippen LogP contribution in [0.3, 0.4) is 0 Å². The number of hydrogen-bond acceptors (Lipinski definition) is 3. The Balaban J connectivity index is 1.63. The summed E-state index contributed by atoms with van der Waals surface area (Å²) in [4.78, 5) is 11.9. The standard InChI is InChI=1S/C17H17ClN2O3/c18-14-9-12(10-15-16(14)23-8-4-7-22-15)11-19-17(21)20-13-5-2-1-3-6-13/h1-3,5-6,9-10H,4,7-8,11H2,(H2,19,20,21). The summed E-state index contributed by atoms with van der Waals surface area (Å²) in [6.07, 6.45) is 0.818. The molecule has 2 amide bonds. The van der Waals surface area contributed by atoms with Crippen molar-refractivity contribution < 1.29 is 14.3 Å². The maximum absolute atomic E-state index is 11.9. The summed E-state index contributed by atoms with van der Waals surface area (Å²) in [5.74, 6) is 1.19. The fourth-order valence-electron chi connectivity index (χ4n) is 2.27. The SMILES string of the molecule is O=C(NCc1cc(Cl)c2c(c1)OCCCO2)Nc1ccccc1. The van der Waals surface area contributed by atoms with E-state index >= 15 is 0 Å². The molecule has 0 bridgehead atoms. The van der Waals surface area contributed by atoms with Gasteiger partial charge in [0.05, 0.1) is 18.2 Å². The van der Waals surface area contributed by atoms with E-state index in [1.807, 2.05) is 36.4 Å². The van der Waals surface area contributed by atoms with Crippen molar-refractivity contribution in [2.24, 2.45) is 0 Å². The van der Waals surface area contributed by atoms with Crippen LogP contribution in [0.5, 0.6) is 11.5 Å². The topological polar surface area (TPSA) is 59.6 Å². The first-order chi connectivity index (χ1) is 11.2. The minimum Gasteiger partial charge on any atom is -0.489 e. The monoisotopic (exact) mass is 332 g/mol. The van der Waals surface area contributed by atoms with Crippen molar-refractivity contribution >= 4 is 23.3 Å².